The first-order valence-corrected chi connectivity index (χ1v) is 6.75. The van der Waals surface area contributed by atoms with Crippen molar-refractivity contribution in [2.75, 3.05) is 0 Å². The second kappa shape index (κ2) is 4.93. The molecule has 1 aliphatic rings. The lowest BCUT2D eigenvalue weighted by Gasteiger charge is -2.32. The van der Waals surface area contributed by atoms with Gasteiger partial charge in [-0.15, -0.1) is 0 Å². The maximum Gasteiger partial charge on any atom is 0.487 e. The fourth-order valence-electron chi connectivity index (χ4n) is 1.80. The fraction of sp³-hybridized carbons (Fsp3) is 0.500. The standard InChI is InChI=1S/C14H19BClNO2/c1-10-8-11(17-9-12(10)16)6-7-15-18-13(2,3)14(4,5)19-15/h6-9H,1-5H3/b7-6+. The summed E-state index contributed by atoms with van der Waals surface area (Å²) in [5.74, 6) is 1.88. The van der Waals surface area contributed by atoms with Gasteiger partial charge in [-0.05, 0) is 52.3 Å². The van der Waals surface area contributed by atoms with Crippen LogP contribution in [0.2, 0.25) is 5.02 Å². The first kappa shape index (κ1) is 14.6. The minimum atomic E-state index is -0.345. The SMILES string of the molecule is Cc1cc(/C=C/B2OC(C)(C)C(C)(C)O2)ncc1Cl. The summed E-state index contributed by atoms with van der Waals surface area (Å²) in [6.45, 7) is 10.1. The average molecular weight is 280 g/mol. The van der Waals surface area contributed by atoms with E-state index in [2.05, 4.69) is 4.98 Å². The van der Waals surface area contributed by atoms with Gasteiger partial charge in [0.05, 0.1) is 21.9 Å². The van der Waals surface area contributed by atoms with Crippen LogP contribution in [0.5, 0.6) is 0 Å². The maximum absolute atomic E-state index is 5.95. The Labute approximate surface area is 120 Å². The third kappa shape index (κ3) is 3.02. The Hall–Kier alpha value is -0.835. The molecule has 1 aromatic rings. The van der Waals surface area contributed by atoms with Crippen LogP contribution in [0.4, 0.5) is 0 Å². The van der Waals surface area contributed by atoms with Crippen molar-refractivity contribution in [3.05, 3.63) is 34.5 Å². The van der Waals surface area contributed by atoms with Crippen LogP contribution >= 0.6 is 11.6 Å². The van der Waals surface area contributed by atoms with Crippen molar-refractivity contribution in [1.82, 2.24) is 4.98 Å². The van der Waals surface area contributed by atoms with Gasteiger partial charge in [-0.3, -0.25) is 4.98 Å². The van der Waals surface area contributed by atoms with E-state index in [1.807, 2.05) is 52.7 Å². The first-order chi connectivity index (χ1) is 8.71. The van der Waals surface area contributed by atoms with Crippen molar-refractivity contribution >= 4 is 24.8 Å². The Morgan fingerprint density at radius 2 is 1.79 bits per heavy atom. The second-order valence-electron chi connectivity index (χ2n) is 5.84. The normalized spacial score (nSPS) is 21.3. The van der Waals surface area contributed by atoms with E-state index in [1.54, 1.807) is 6.20 Å². The Balaban J connectivity index is 2.10. The molecule has 0 radical (unpaired) electrons. The molecule has 5 heteroatoms. The number of aryl methyl sites for hydroxylation is 1. The van der Waals surface area contributed by atoms with Crippen LogP contribution in [-0.2, 0) is 9.31 Å². The molecular formula is C14H19BClNO2. The van der Waals surface area contributed by atoms with Gasteiger partial charge in [0.15, 0.2) is 0 Å². The summed E-state index contributed by atoms with van der Waals surface area (Å²) < 4.78 is 11.8. The number of aromatic nitrogens is 1. The molecule has 1 aromatic heterocycles. The van der Waals surface area contributed by atoms with Gasteiger partial charge in [0, 0.05) is 6.20 Å². The topological polar surface area (TPSA) is 31.4 Å². The molecule has 102 valence electrons. The number of hydrogen-bond acceptors (Lipinski definition) is 3. The van der Waals surface area contributed by atoms with E-state index in [-0.39, 0.29) is 18.3 Å². The van der Waals surface area contributed by atoms with Crippen LogP contribution < -0.4 is 0 Å². The number of halogens is 1. The molecule has 19 heavy (non-hydrogen) atoms. The van der Waals surface area contributed by atoms with Crippen molar-refractivity contribution in [3.63, 3.8) is 0 Å². The molecule has 0 atom stereocenters. The van der Waals surface area contributed by atoms with Crippen molar-refractivity contribution < 1.29 is 9.31 Å². The summed E-state index contributed by atoms with van der Waals surface area (Å²) in [5.41, 5.74) is 1.22. The zero-order valence-electron chi connectivity index (χ0n) is 12.0. The molecule has 0 saturated carbocycles. The van der Waals surface area contributed by atoms with Crippen LogP contribution in [0.3, 0.4) is 0 Å². The Morgan fingerprint density at radius 3 is 2.32 bits per heavy atom. The van der Waals surface area contributed by atoms with Crippen molar-refractivity contribution in [2.45, 2.75) is 45.8 Å². The summed E-state index contributed by atoms with van der Waals surface area (Å²) in [6.07, 6.45) is 3.55. The first-order valence-electron chi connectivity index (χ1n) is 6.37. The van der Waals surface area contributed by atoms with Crippen LogP contribution in [0.1, 0.15) is 39.0 Å². The van der Waals surface area contributed by atoms with Gasteiger partial charge < -0.3 is 9.31 Å². The summed E-state index contributed by atoms with van der Waals surface area (Å²) in [6, 6.07) is 1.93. The summed E-state index contributed by atoms with van der Waals surface area (Å²) in [5, 5.41) is 0.674. The summed E-state index contributed by atoms with van der Waals surface area (Å²) >= 11 is 5.95. The molecule has 1 aliphatic heterocycles. The second-order valence-corrected chi connectivity index (χ2v) is 6.25. The third-order valence-electron chi connectivity index (χ3n) is 3.76. The number of hydrogen-bond donors (Lipinski definition) is 0. The molecule has 3 nitrogen and oxygen atoms in total. The molecule has 0 aliphatic carbocycles. The van der Waals surface area contributed by atoms with E-state index >= 15 is 0 Å². The van der Waals surface area contributed by atoms with Gasteiger partial charge in [-0.25, -0.2) is 0 Å². The number of nitrogens with zero attached hydrogens (tertiary/aromatic N) is 1. The summed E-state index contributed by atoms with van der Waals surface area (Å²) in [7, 11) is -0.345. The van der Waals surface area contributed by atoms with Crippen molar-refractivity contribution in [1.29, 1.82) is 0 Å². The minimum Gasteiger partial charge on any atom is -0.400 e. The number of pyridine rings is 1. The van der Waals surface area contributed by atoms with Gasteiger partial charge in [0.25, 0.3) is 0 Å². The molecule has 0 unspecified atom stereocenters. The van der Waals surface area contributed by atoms with E-state index in [1.165, 1.54) is 0 Å². The third-order valence-corrected chi connectivity index (χ3v) is 4.16. The molecule has 1 fully saturated rings. The highest BCUT2D eigenvalue weighted by Gasteiger charge is 2.49. The predicted molar refractivity (Wildman–Crippen MR) is 79.1 cm³/mol. The molecule has 1 saturated heterocycles. The van der Waals surface area contributed by atoms with Crippen molar-refractivity contribution in [3.8, 4) is 0 Å². The van der Waals surface area contributed by atoms with Crippen LogP contribution in [0.15, 0.2) is 18.2 Å². The molecule has 2 rings (SSSR count). The highest BCUT2D eigenvalue weighted by atomic mass is 35.5. The molecule has 0 amide bonds. The highest BCUT2D eigenvalue weighted by Crippen LogP contribution is 2.37. The highest BCUT2D eigenvalue weighted by molar-refractivity contribution is 6.52. The Morgan fingerprint density at radius 1 is 1.21 bits per heavy atom. The monoisotopic (exact) mass is 279 g/mol. The molecule has 0 aromatic carbocycles. The Kier molecular flexibility index (Phi) is 3.78. The molecular weight excluding hydrogens is 260 g/mol. The lowest BCUT2D eigenvalue weighted by atomic mass is 9.89. The van der Waals surface area contributed by atoms with E-state index in [0.717, 1.165) is 11.3 Å². The largest absolute Gasteiger partial charge is 0.487 e. The average Bonchev–Trinajstić information content (AvgIpc) is 2.49. The Bertz CT molecular complexity index is 498. The van der Waals surface area contributed by atoms with Crippen LogP contribution in [0.25, 0.3) is 6.08 Å². The van der Waals surface area contributed by atoms with Gasteiger partial charge in [-0.1, -0.05) is 17.6 Å². The lowest BCUT2D eigenvalue weighted by molar-refractivity contribution is 0.00578. The molecule has 0 N–H and O–H groups in total. The summed E-state index contributed by atoms with van der Waals surface area (Å²) in [4.78, 5) is 4.24. The van der Waals surface area contributed by atoms with Crippen LogP contribution in [-0.4, -0.2) is 23.3 Å². The van der Waals surface area contributed by atoms with E-state index in [9.17, 15) is 0 Å². The van der Waals surface area contributed by atoms with Crippen molar-refractivity contribution in [2.24, 2.45) is 0 Å². The zero-order valence-corrected chi connectivity index (χ0v) is 12.8. The van der Waals surface area contributed by atoms with Gasteiger partial charge in [0.2, 0.25) is 0 Å². The van der Waals surface area contributed by atoms with Gasteiger partial charge in [0.1, 0.15) is 0 Å². The van der Waals surface area contributed by atoms with E-state index in [4.69, 9.17) is 20.9 Å². The minimum absolute atomic E-state index is 0.314. The quantitative estimate of drug-likeness (QED) is 0.774. The van der Waals surface area contributed by atoms with Crippen LogP contribution in [0, 0.1) is 6.92 Å². The van der Waals surface area contributed by atoms with Gasteiger partial charge >= 0.3 is 7.12 Å². The lowest BCUT2D eigenvalue weighted by Crippen LogP contribution is -2.41. The van der Waals surface area contributed by atoms with E-state index < -0.39 is 0 Å². The molecule has 0 spiro atoms. The zero-order chi connectivity index (χ0) is 14.3. The molecule has 0 bridgehead atoms. The smallest absolute Gasteiger partial charge is 0.400 e. The predicted octanol–water partition coefficient (Wildman–Crippen LogP) is 3.69. The molecule has 2 heterocycles. The number of rotatable bonds is 2. The van der Waals surface area contributed by atoms with E-state index in [0.29, 0.717) is 5.02 Å². The maximum atomic E-state index is 5.95. The van der Waals surface area contributed by atoms with Gasteiger partial charge in [-0.2, -0.15) is 0 Å². The fourth-order valence-corrected chi connectivity index (χ4v) is 1.90.